The van der Waals surface area contributed by atoms with Crippen molar-refractivity contribution < 1.29 is 9.53 Å². The van der Waals surface area contributed by atoms with E-state index in [1.807, 2.05) is 11.2 Å². The molecule has 2 aliphatic carbocycles. The van der Waals surface area contributed by atoms with E-state index in [4.69, 9.17) is 25.4 Å². The standard InChI is InChI=1S/C24H38N8O2/c1-34-14-20(33)31-12-10-18(11-13-31)27-22-21-23(32(15-26-21)19-4-2-3-5-19)30-24(29-22)28-17-8-6-16(25)7-9-17/h15-19H,2-14,25H2,1H3,(H2,27,28,29,30)/t16-,17-. The Morgan fingerprint density at radius 1 is 1.03 bits per heavy atom. The number of likely N-dealkylation sites (tertiary alicyclic amines) is 1. The van der Waals surface area contributed by atoms with E-state index in [0.29, 0.717) is 24.1 Å². The van der Waals surface area contributed by atoms with Crippen molar-refractivity contribution in [2.75, 3.05) is 37.4 Å². The maximum atomic E-state index is 12.2. The van der Waals surface area contributed by atoms with Gasteiger partial charge in [-0.05, 0) is 51.4 Å². The molecule has 2 aromatic heterocycles. The summed E-state index contributed by atoms with van der Waals surface area (Å²) >= 11 is 0. The third-order valence-corrected chi connectivity index (χ3v) is 7.70. The van der Waals surface area contributed by atoms with Gasteiger partial charge in [-0.25, -0.2) is 4.98 Å². The van der Waals surface area contributed by atoms with Crippen molar-refractivity contribution in [3.63, 3.8) is 0 Å². The minimum absolute atomic E-state index is 0.0550. The molecule has 1 saturated heterocycles. The monoisotopic (exact) mass is 470 g/mol. The van der Waals surface area contributed by atoms with E-state index < -0.39 is 0 Å². The zero-order chi connectivity index (χ0) is 23.5. The highest BCUT2D eigenvalue weighted by Crippen LogP contribution is 2.33. The first-order chi connectivity index (χ1) is 16.6. The number of carbonyl (C=O) groups excluding carboxylic acids is 1. The van der Waals surface area contributed by atoms with Crippen molar-refractivity contribution in [2.45, 2.75) is 88.4 Å². The number of anilines is 2. The van der Waals surface area contributed by atoms with Crippen molar-refractivity contribution in [3.05, 3.63) is 6.33 Å². The Hall–Kier alpha value is -2.46. The van der Waals surface area contributed by atoms with Crippen molar-refractivity contribution in [3.8, 4) is 0 Å². The second-order valence-corrected chi connectivity index (χ2v) is 10.1. The van der Waals surface area contributed by atoms with Gasteiger partial charge in [0.05, 0.1) is 6.33 Å². The van der Waals surface area contributed by atoms with Crippen molar-refractivity contribution in [1.29, 1.82) is 0 Å². The van der Waals surface area contributed by atoms with Crippen LogP contribution < -0.4 is 16.4 Å². The minimum atomic E-state index is 0.0550. The fourth-order valence-corrected chi connectivity index (χ4v) is 5.66. The van der Waals surface area contributed by atoms with Gasteiger partial charge in [0.2, 0.25) is 11.9 Å². The van der Waals surface area contributed by atoms with Gasteiger partial charge in [0.25, 0.3) is 0 Å². The molecule has 0 radical (unpaired) electrons. The number of aromatic nitrogens is 4. The smallest absolute Gasteiger partial charge is 0.248 e. The Bertz CT molecular complexity index is 973. The highest BCUT2D eigenvalue weighted by molar-refractivity contribution is 5.84. The highest BCUT2D eigenvalue weighted by atomic mass is 16.5. The predicted octanol–water partition coefficient (Wildman–Crippen LogP) is 2.67. The SMILES string of the molecule is COCC(=O)N1CCC(Nc2nc(N[C@H]3CC[C@H](N)CC3)nc3c2ncn3C2CCCC2)CC1. The number of fused-ring (bicyclic) bond motifs is 1. The highest BCUT2D eigenvalue weighted by Gasteiger charge is 2.27. The van der Waals surface area contributed by atoms with Gasteiger partial charge in [0, 0.05) is 44.4 Å². The summed E-state index contributed by atoms with van der Waals surface area (Å²) in [5.74, 6) is 1.51. The fourth-order valence-electron chi connectivity index (χ4n) is 5.66. The molecule has 0 aromatic carbocycles. The second kappa shape index (κ2) is 10.4. The first-order valence-corrected chi connectivity index (χ1v) is 12.9. The number of nitrogens with two attached hydrogens (primary N) is 1. The third-order valence-electron chi connectivity index (χ3n) is 7.70. The Labute approximate surface area is 201 Å². The summed E-state index contributed by atoms with van der Waals surface area (Å²) in [7, 11) is 1.56. The van der Waals surface area contributed by atoms with Gasteiger partial charge in [0.1, 0.15) is 6.61 Å². The number of imidazole rings is 1. The average Bonchev–Trinajstić information content (AvgIpc) is 3.51. The molecule has 10 nitrogen and oxygen atoms in total. The first-order valence-electron chi connectivity index (χ1n) is 12.9. The van der Waals surface area contributed by atoms with E-state index >= 15 is 0 Å². The minimum Gasteiger partial charge on any atom is -0.375 e. The van der Waals surface area contributed by atoms with Crippen LogP contribution in [0.2, 0.25) is 0 Å². The number of nitrogens with zero attached hydrogens (tertiary/aromatic N) is 5. The molecule has 2 aromatic rings. The topological polar surface area (TPSA) is 123 Å². The van der Waals surface area contributed by atoms with E-state index in [-0.39, 0.29) is 18.6 Å². The lowest BCUT2D eigenvalue weighted by atomic mass is 9.92. The van der Waals surface area contributed by atoms with Gasteiger partial charge >= 0.3 is 0 Å². The summed E-state index contributed by atoms with van der Waals surface area (Å²) in [6, 6.07) is 1.36. The third kappa shape index (κ3) is 5.12. The van der Waals surface area contributed by atoms with Crippen LogP contribution in [-0.4, -0.2) is 75.3 Å². The molecule has 0 bridgehead atoms. The van der Waals surface area contributed by atoms with Crippen LogP contribution in [0.25, 0.3) is 11.2 Å². The molecule has 0 atom stereocenters. The van der Waals surface area contributed by atoms with Crippen LogP contribution in [0, 0.1) is 0 Å². The number of piperidine rings is 1. The van der Waals surface area contributed by atoms with Crippen LogP contribution in [0.3, 0.4) is 0 Å². The van der Waals surface area contributed by atoms with Crippen molar-refractivity contribution in [1.82, 2.24) is 24.4 Å². The molecule has 4 N–H and O–H groups in total. The normalized spacial score (nSPS) is 24.6. The van der Waals surface area contributed by atoms with E-state index in [0.717, 1.165) is 68.6 Å². The van der Waals surface area contributed by atoms with Gasteiger partial charge in [-0.15, -0.1) is 0 Å². The van der Waals surface area contributed by atoms with Gasteiger partial charge in [0.15, 0.2) is 17.0 Å². The molecule has 0 unspecified atom stereocenters. The number of carbonyl (C=O) groups is 1. The molecule has 3 fully saturated rings. The molecule has 0 spiro atoms. The van der Waals surface area contributed by atoms with Crippen LogP contribution in [-0.2, 0) is 9.53 Å². The predicted molar refractivity (Wildman–Crippen MR) is 132 cm³/mol. The number of nitrogens with one attached hydrogen (secondary N) is 2. The fraction of sp³-hybridized carbons (Fsp3) is 0.750. The Morgan fingerprint density at radius 2 is 1.74 bits per heavy atom. The van der Waals surface area contributed by atoms with Crippen molar-refractivity contribution >= 4 is 28.8 Å². The number of amides is 1. The van der Waals surface area contributed by atoms with Crippen molar-refractivity contribution in [2.24, 2.45) is 5.73 Å². The summed E-state index contributed by atoms with van der Waals surface area (Å²) in [5.41, 5.74) is 7.85. The number of hydrogen-bond acceptors (Lipinski definition) is 8. The van der Waals surface area contributed by atoms with Crippen LogP contribution in [0.5, 0.6) is 0 Å². The van der Waals surface area contributed by atoms with Crippen LogP contribution >= 0.6 is 0 Å². The lowest BCUT2D eigenvalue weighted by Gasteiger charge is -2.32. The van der Waals surface area contributed by atoms with Gasteiger partial charge in [-0.2, -0.15) is 9.97 Å². The molecule has 1 amide bonds. The van der Waals surface area contributed by atoms with E-state index in [1.165, 1.54) is 25.7 Å². The lowest BCUT2D eigenvalue weighted by molar-refractivity contribution is -0.136. The molecule has 10 heteroatoms. The Morgan fingerprint density at radius 3 is 2.44 bits per heavy atom. The second-order valence-electron chi connectivity index (χ2n) is 10.1. The molecule has 2 saturated carbocycles. The van der Waals surface area contributed by atoms with E-state index in [9.17, 15) is 4.79 Å². The molecular weight excluding hydrogens is 432 g/mol. The zero-order valence-corrected chi connectivity index (χ0v) is 20.2. The average molecular weight is 471 g/mol. The Kier molecular flexibility index (Phi) is 7.15. The molecule has 3 heterocycles. The maximum Gasteiger partial charge on any atom is 0.248 e. The van der Waals surface area contributed by atoms with Gasteiger partial charge in [-0.1, -0.05) is 12.8 Å². The number of rotatable bonds is 7. The number of ether oxygens (including phenoxy) is 1. The summed E-state index contributed by atoms with van der Waals surface area (Å²) in [5, 5.41) is 7.24. The molecular formula is C24H38N8O2. The largest absolute Gasteiger partial charge is 0.375 e. The first kappa shape index (κ1) is 23.3. The quantitative estimate of drug-likeness (QED) is 0.564. The number of hydrogen-bond donors (Lipinski definition) is 3. The van der Waals surface area contributed by atoms with Gasteiger partial charge < -0.3 is 30.6 Å². The maximum absolute atomic E-state index is 12.2. The summed E-state index contributed by atoms with van der Waals surface area (Å²) < 4.78 is 7.26. The summed E-state index contributed by atoms with van der Waals surface area (Å²) in [6.07, 6.45) is 12.7. The van der Waals surface area contributed by atoms with E-state index in [1.54, 1.807) is 7.11 Å². The Balaban J connectivity index is 1.36. The molecule has 5 rings (SSSR count). The van der Waals surface area contributed by atoms with Crippen LogP contribution in [0.15, 0.2) is 6.33 Å². The zero-order valence-electron chi connectivity index (χ0n) is 20.2. The van der Waals surface area contributed by atoms with Gasteiger partial charge in [-0.3, -0.25) is 4.79 Å². The lowest BCUT2D eigenvalue weighted by Crippen LogP contribution is -2.43. The summed E-state index contributed by atoms with van der Waals surface area (Å²) in [6.45, 7) is 1.58. The molecule has 34 heavy (non-hydrogen) atoms. The van der Waals surface area contributed by atoms with Crippen LogP contribution in [0.1, 0.15) is 70.3 Å². The summed E-state index contributed by atoms with van der Waals surface area (Å²) in [4.78, 5) is 28.6. The van der Waals surface area contributed by atoms with E-state index in [2.05, 4.69) is 15.2 Å². The molecule has 1 aliphatic heterocycles. The molecule has 3 aliphatic rings. The van der Waals surface area contributed by atoms with Crippen LogP contribution in [0.4, 0.5) is 11.8 Å². The number of methoxy groups -OCH3 is 1. The molecule has 186 valence electrons.